The Morgan fingerprint density at radius 2 is 1.96 bits per heavy atom. The lowest BCUT2D eigenvalue weighted by Gasteiger charge is -2.16. The number of nitrogens with one attached hydrogen (secondary N) is 1. The Morgan fingerprint density at radius 1 is 1.26 bits per heavy atom. The second-order valence-corrected chi connectivity index (χ2v) is 7.50. The number of ether oxygens (including phenoxy) is 1. The summed E-state index contributed by atoms with van der Waals surface area (Å²) in [5.74, 6) is 1.53. The molecular weight excluding hydrogens is 406 g/mol. The fourth-order valence-electron chi connectivity index (χ4n) is 3.05. The number of aromatic nitrogens is 2. The van der Waals surface area contributed by atoms with Gasteiger partial charge in [-0.1, -0.05) is 46.8 Å². The molecule has 6 heteroatoms. The van der Waals surface area contributed by atoms with Crippen molar-refractivity contribution >= 4 is 32.9 Å². The summed E-state index contributed by atoms with van der Waals surface area (Å²) in [5.41, 5.74) is 2.85. The molecule has 1 atom stereocenters. The zero-order chi connectivity index (χ0) is 19.4. The Hall–Kier alpha value is -2.60. The molecule has 0 saturated heterocycles. The standard InChI is InChI=1S/C21H22BrN3O2/c1-14(22)13-25-19-7-5-4-6-18(19)24-21(25)15(2)23-20(26)12-16-8-10-17(27-3)11-9-16/h4-11,15H,1,12-13H2,2-3H3,(H,23,26). The molecule has 1 unspecified atom stereocenters. The first-order valence-corrected chi connectivity index (χ1v) is 9.48. The molecule has 1 N–H and O–H groups in total. The van der Waals surface area contributed by atoms with Crippen molar-refractivity contribution < 1.29 is 9.53 Å². The molecule has 27 heavy (non-hydrogen) atoms. The minimum absolute atomic E-state index is 0.0519. The molecule has 0 fully saturated rings. The molecule has 3 rings (SSSR count). The average molecular weight is 428 g/mol. The smallest absolute Gasteiger partial charge is 0.224 e. The van der Waals surface area contributed by atoms with Gasteiger partial charge >= 0.3 is 0 Å². The normalized spacial score (nSPS) is 12.0. The van der Waals surface area contributed by atoms with Crippen molar-refractivity contribution in [2.75, 3.05) is 7.11 Å². The number of nitrogens with zero attached hydrogens (tertiary/aromatic N) is 2. The monoisotopic (exact) mass is 427 g/mol. The van der Waals surface area contributed by atoms with Crippen molar-refractivity contribution in [1.82, 2.24) is 14.9 Å². The molecule has 5 nitrogen and oxygen atoms in total. The van der Waals surface area contributed by atoms with Gasteiger partial charge in [0.2, 0.25) is 5.91 Å². The molecule has 1 aromatic heterocycles. The first kappa shape index (κ1) is 19.2. The summed E-state index contributed by atoms with van der Waals surface area (Å²) < 4.78 is 8.07. The van der Waals surface area contributed by atoms with Crippen molar-refractivity contribution in [3.63, 3.8) is 0 Å². The number of benzene rings is 2. The summed E-state index contributed by atoms with van der Waals surface area (Å²) in [6, 6.07) is 15.2. The van der Waals surface area contributed by atoms with E-state index in [1.807, 2.05) is 55.5 Å². The Kier molecular flexibility index (Phi) is 5.96. The summed E-state index contributed by atoms with van der Waals surface area (Å²) >= 11 is 3.43. The van der Waals surface area contributed by atoms with Gasteiger partial charge in [-0.05, 0) is 36.8 Å². The van der Waals surface area contributed by atoms with Gasteiger partial charge in [0.05, 0.1) is 37.2 Å². The van der Waals surface area contributed by atoms with Crippen LogP contribution >= 0.6 is 15.9 Å². The van der Waals surface area contributed by atoms with Crippen LogP contribution in [0.2, 0.25) is 0 Å². The van der Waals surface area contributed by atoms with Crippen LogP contribution in [0, 0.1) is 0 Å². The van der Waals surface area contributed by atoms with Crippen LogP contribution in [-0.4, -0.2) is 22.6 Å². The highest BCUT2D eigenvalue weighted by atomic mass is 79.9. The van der Waals surface area contributed by atoms with Gasteiger partial charge in [-0.15, -0.1) is 0 Å². The van der Waals surface area contributed by atoms with Gasteiger partial charge in [-0.3, -0.25) is 4.79 Å². The summed E-state index contributed by atoms with van der Waals surface area (Å²) in [4.78, 5) is 17.2. The number of hydrogen-bond acceptors (Lipinski definition) is 3. The van der Waals surface area contributed by atoms with Gasteiger partial charge in [-0.25, -0.2) is 4.98 Å². The summed E-state index contributed by atoms with van der Waals surface area (Å²) in [6.07, 6.45) is 0.305. The molecule has 0 bridgehead atoms. The minimum Gasteiger partial charge on any atom is -0.497 e. The van der Waals surface area contributed by atoms with Gasteiger partial charge in [0, 0.05) is 4.48 Å². The maximum Gasteiger partial charge on any atom is 0.224 e. The zero-order valence-corrected chi connectivity index (χ0v) is 17.0. The number of amides is 1. The molecule has 0 aliphatic carbocycles. The molecule has 1 heterocycles. The van der Waals surface area contributed by atoms with Crippen LogP contribution in [0.5, 0.6) is 5.75 Å². The van der Waals surface area contributed by atoms with E-state index < -0.39 is 0 Å². The number of fused-ring (bicyclic) bond motifs is 1. The molecular formula is C21H22BrN3O2. The SMILES string of the molecule is C=C(Br)Cn1c(C(C)NC(=O)Cc2ccc(OC)cc2)nc2ccccc21. The number of hydrogen-bond donors (Lipinski definition) is 1. The summed E-state index contributed by atoms with van der Waals surface area (Å²) in [7, 11) is 1.62. The van der Waals surface area contributed by atoms with Crippen molar-refractivity contribution in [1.29, 1.82) is 0 Å². The Balaban J connectivity index is 1.77. The largest absolute Gasteiger partial charge is 0.497 e. The Labute approximate surface area is 167 Å². The lowest BCUT2D eigenvalue weighted by atomic mass is 10.1. The lowest BCUT2D eigenvalue weighted by molar-refractivity contribution is -0.121. The van der Waals surface area contributed by atoms with Gasteiger partial charge < -0.3 is 14.6 Å². The number of halogens is 1. The fourth-order valence-corrected chi connectivity index (χ4v) is 3.30. The lowest BCUT2D eigenvalue weighted by Crippen LogP contribution is -2.30. The number of methoxy groups -OCH3 is 1. The predicted molar refractivity (Wildman–Crippen MR) is 111 cm³/mol. The number of carbonyl (C=O) groups excluding carboxylic acids is 1. The van der Waals surface area contributed by atoms with Gasteiger partial charge in [0.15, 0.2) is 0 Å². The van der Waals surface area contributed by atoms with Crippen LogP contribution in [0.15, 0.2) is 59.6 Å². The molecule has 2 aromatic carbocycles. The van der Waals surface area contributed by atoms with E-state index in [-0.39, 0.29) is 11.9 Å². The van der Waals surface area contributed by atoms with E-state index in [2.05, 4.69) is 32.4 Å². The minimum atomic E-state index is -0.227. The first-order valence-electron chi connectivity index (χ1n) is 8.68. The van der Waals surface area contributed by atoms with E-state index in [1.165, 1.54) is 0 Å². The number of carbonyl (C=O) groups is 1. The molecule has 0 aliphatic heterocycles. The van der Waals surface area contributed by atoms with Crippen molar-refractivity contribution in [2.45, 2.75) is 25.9 Å². The van der Waals surface area contributed by atoms with E-state index in [9.17, 15) is 4.79 Å². The highest BCUT2D eigenvalue weighted by Gasteiger charge is 2.18. The third-order valence-electron chi connectivity index (χ3n) is 4.30. The Bertz CT molecular complexity index is 963. The van der Waals surface area contributed by atoms with Crippen LogP contribution in [0.4, 0.5) is 0 Å². The third kappa shape index (κ3) is 4.57. The van der Waals surface area contributed by atoms with E-state index in [0.29, 0.717) is 13.0 Å². The zero-order valence-electron chi connectivity index (χ0n) is 15.4. The van der Waals surface area contributed by atoms with Crippen molar-refractivity contribution in [3.8, 4) is 5.75 Å². The van der Waals surface area contributed by atoms with Crippen molar-refractivity contribution in [3.05, 3.63) is 71.0 Å². The molecule has 0 spiro atoms. The molecule has 0 saturated carbocycles. The van der Waals surface area contributed by atoms with Gasteiger partial charge in [0.1, 0.15) is 11.6 Å². The topological polar surface area (TPSA) is 56.2 Å². The molecule has 1 amide bonds. The van der Waals surface area contributed by atoms with Crippen LogP contribution in [0.25, 0.3) is 11.0 Å². The van der Waals surface area contributed by atoms with Gasteiger partial charge in [0.25, 0.3) is 0 Å². The average Bonchev–Trinajstić information content (AvgIpc) is 3.00. The van der Waals surface area contributed by atoms with Crippen LogP contribution in [0.3, 0.4) is 0 Å². The Morgan fingerprint density at radius 3 is 2.63 bits per heavy atom. The first-order chi connectivity index (χ1) is 13.0. The highest BCUT2D eigenvalue weighted by Crippen LogP contribution is 2.23. The molecule has 3 aromatic rings. The third-order valence-corrected chi connectivity index (χ3v) is 4.55. The van der Waals surface area contributed by atoms with Gasteiger partial charge in [-0.2, -0.15) is 0 Å². The molecule has 0 radical (unpaired) electrons. The quantitative estimate of drug-likeness (QED) is 0.608. The maximum atomic E-state index is 12.5. The number of rotatable bonds is 7. The van der Waals surface area contributed by atoms with E-state index in [4.69, 9.17) is 9.72 Å². The summed E-state index contributed by atoms with van der Waals surface area (Å²) in [6.45, 7) is 6.48. The van der Waals surface area contributed by atoms with E-state index in [0.717, 1.165) is 32.7 Å². The fraction of sp³-hybridized carbons (Fsp3) is 0.238. The number of allylic oxidation sites excluding steroid dienone is 1. The summed E-state index contributed by atoms with van der Waals surface area (Å²) in [5, 5.41) is 3.05. The second kappa shape index (κ2) is 8.39. The number of para-hydroxylation sites is 2. The molecule has 140 valence electrons. The molecule has 0 aliphatic rings. The maximum absolute atomic E-state index is 12.5. The van der Waals surface area contributed by atoms with Crippen LogP contribution < -0.4 is 10.1 Å². The van der Waals surface area contributed by atoms with Crippen LogP contribution in [0.1, 0.15) is 24.4 Å². The van der Waals surface area contributed by atoms with Crippen molar-refractivity contribution in [2.24, 2.45) is 0 Å². The van der Waals surface area contributed by atoms with E-state index in [1.54, 1.807) is 7.11 Å². The second-order valence-electron chi connectivity index (χ2n) is 6.38. The highest BCUT2D eigenvalue weighted by molar-refractivity contribution is 9.11. The van der Waals surface area contributed by atoms with Crippen LogP contribution in [-0.2, 0) is 17.8 Å². The van der Waals surface area contributed by atoms with E-state index >= 15 is 0 Å². The number of imidazole rings is 1. The predicted octanol–water partition coefficient (Wildman–Crippen LogP) is 4.37.